The van der Waals surface area contributed by atoms with Crippen molar-refractivity contribution >= 4 is 25.7 Å². The Hall–Kier alpha value is -3.34. The summed E-state index contributed by atoms with van der Waals surface area (Å²) in [6.45, 7) is 4.49. The molecule has 0 aromatic carbocycles. The average Bonchev–Trinajstić information content (AvgIpc) is 3.43. The summed E-state index contributed by atoms with van der Waals surface area (Å²) in [6.07, 6.45) is 69.6. The van der Waals surface area contributed by atoms with E-state index in [-0.39, 0.29) is 25.9 Å². The van der Waals surface area contributed by atoms with Crippen LogP contribution in [0, 0.1) is 0 Å². The number of aliphatic hydroxyl groups excluding tert-OH is 1. The van der Waals surface area contributed by atoms with E-state index in [1.807, 2.05) is 0 Å². The number of carbonyl (C=O) groups is 3. The molecule has 11 nitrogen and oxygen atoms in total. The van der Waals surface area contributed by atoms with E-state index in [0.717, 1.165) is 122 Å². The quantitative estimate of drug-likeness (QED) is 0.0197. The Morgan fingerprint density at radius 1 is 0.372 bits per heavy atom. The number of aliphatic hydroxyl groups is 1. The molecule has 0 fully saturated rings. The standard InChI is InChI=1S/C66H115O11P/c1-4-7-10-13-16-19-22-25-28-30-31-33-35-37-40-43-46-49-52-55-64(68)73-59-63(77-66(70)57-54-51-48-45-42-39-36-32-29-26-23-20-17-14-11-8-5-2)61-75-78(71,72)74-60-62(58-67)76-65(69)56-53-50-47-44-41-38-34-27-24-21-18-15-12-9-6-3/h8,11,16-17,19-20,25-29,34,36,39,62-63,67H,4-7,9-10,12-15,18,21-24,30-33,35,37-38,40-61H2,1-3H3,(H,71,72)/b11-8-,19-16-,20-17-,28-25-,29-26-,34-27-,39-36-. The van der Waals surface area contributed by atoms with Gasteiger partial charge >= 0.3 is 25.7 Å². The van der Waals surface area contributed by atoms with Gasteiger partial charge in [-0.3, -0.25) is 23.4 Å². The maximum atomic E-state index is 12.9. The van der Waals surface area contributed by atoms with E-state index >= 15 is 0 Å². The number of unbranched alkanes of at least 4 members (excludes halogenated alkanes) is 27. The third kappa shape index (κ3) is 57.3. The van der Waals surface area contributed by atoms with Crippen LogP contribution in [-0.2, 0) is 42.2 Å². The van der Waals surface area contributed by atoms with Crippen LogP contribution in [0.2, 0.25) is 0 Å². The van der Waals surface area contributed by atoms with Gasteiger partial charge in [-0.1, -0.05) is 228 Å². The monoisotopic (exact) mass is 1110 g/mol. The summed E-state index contributed by atoms with van der Waals surface area (Å²) in [7, 11) is -4.76. The molecule has 0 spiro atoms. The van der Waals surface area contributed by atoms with Crippen LogP contribution in [0.5, 0.6) is 0 Å². The highest BCUT2D eigenvalue weighted by atomic mass is 31.2. The van der Waals surface area contributed by atoms with Crippen molar-refractivity contribution in [3.05, 3.63) is 85.1 Å². The molecule has 0 heterocycles. The third-order valence-electron chi connectivity index (χ3n) is 13.3. The van der Waals surface area contributed by atoms with Crippen LogP contribution in [0.1, 0.15) is 278 Å². The van der Waals surface area contributed by atoms with Gasteiger partial charge in [-0.05, 0) is 116 Å². The van der Waals surface area contributed by atoms with Crippen LogP contribution >= 0.6 is 7.82 Å². The third-order valence-corrected chi connectivity index (χ3v) is 14.2. The minimum absolute atomic E-state index is 0.136. The zero-order valence-electron chi connectivity index (χ0n) is 49.9. The summed E-state index contributed by atoms with van der Waals surface area (Å²) >= 11 is 0. The maximum absolute atomic E-state index is 12.9. The fraction of sp³-hybridized carbons (Fsp3) is 0.742. The lowest BCUT2D eigenvalue weighted by Crippen LogP contribution is -2.30. The summed E-state index contributed by atoms with van der Waals surface area (Å²) < 4.78 is 39.6. The Labute approximate surface area is 477 Å². The number of rotatable bonds is 58. The van der Waals surface area contributed by atoms with Crippen LogP contribution in [0.3, 0.4) is 0 Å². The first kappa shape index (κ1) is 74.7. The molecule has 0 aliphatic heterocycles. The minimum Gasteiger partial charge on any atom is -0.462 e. The highest BCUT2D eigenvalue weighted by Crippen LogP contribution is 2.43. The normalized spacial score (nSPS) is 13.9. The molecule has 0 aromatic heterocycles. The molecule has 0 bridgehead atoms. The number of allylic oxidation sites excluding steroid dienone is 14. The molecule has 2 N–H and O–H groups in total. The van der Waals surface area contributed by atoms with Gasteiger partial charge in [0.25, 0.3) is 0 Å². The van der Waals surface area contributed by atoms with Crippen molar-refractivity contribution in [3.63, 3.8) is 0 Å². The van der Waals surface area contributed by atoms with Crippen molar-refractivity contribution < 1.29 is 52.2 Å². The predicted octanol–water partition coefficient (Wildman–Crippen LogP) is 19.0. The van der Waals surface area contributed by atoms with Gasteiger partial charge in [0.15, 0.2) is 6.10 Å². The number of phosphoric ester groups is 1. The smallest absolute Gasteiger partial charge is 0.462 e. The molecule has 0 saturated heterocycles. The maximum Gasteiger partial charge on any atom is 0.472 e. The number of carbonyl (C=O) groups excluding carboxylic acids is 3. The van der Waals surface area contributed by atoms with Crippen LogP contribution in [0.4, 0.5) is 0 Å². The van der Waals surface area contributed by atoms with Gasteiger partial charge < -0.3 is 24.2 Å². The second-order valence-corrected chi connectivity index (χ2v) is 22.3. The van der Waals surface area contributed by atoms with Crippen molar-refractivity contribution in [1.82, 2.24) is 0 Å². The second-order valence-electron chi connectivity index (χ2n) is 20.8. The van der Waals surface area contributed by atoms with Crippen LogP contribution in [-0.4, -0.2) is 66.5 Å². The second kappa shape index (κ2) is 59.8. The van der Waals surface area contributed by atoms with Crippen LogP contribution in [0.15, 0.2) is 85.1 Å². The van der Waals surface area contributed by atoms with Gasteiger partial charge in [-0.25, -0.2) is 4.57 Å². The molecule has 0 radical (unpaired) electrons. The minimum atomic E-state index is -4.76. The predicted molar refractivity (Wildman–Crippen MR) is 325 cm³/mol. The lowest BCUT2D eigenvalue weighted by molar-refractivity contribution is -0.161. The van der Waals surface area contributed by atoms with Crippen LogP contribution in [0.25, 0.3) is 0 Å². The van der Waals surface area contributed by atoms with E-state index in [0.29, 0.717) is 19.3 Å². The summed E-state index contributed by atoms with van der Waals surface area (Å²) in [5.41, 5.74) is 0. The average molecular weight is 1120 g/mol. The number of esters is 3. The van der Waals surface area contributed by atoms with Gasteiger partial charge in [0.2, 0.25) is 0 Å². The molecule has 0 saturated carbocycles. The van der Waals surface area contributed by atoms with E-state index in [9.17, 15) is 28.9 Å². The molecule has 0 aliphatic carbocycles. The van der Waals surface area contributed by atoms with Crippen molar-refractivity contribution in [2.45, 2.75) is 290 Å². The molecule has 450 valence electrons. The topological polar surface area (TPSA) is 155 Å². The van der Waals surface area contributed by atoms with Crippen LogP contribution < -0.4 is 0 Å². The molecule has 0 aliphatic rings. The lowest BCUT2D eigenvalue weighted by Gasteiger charge is -2.21. The summed E-state index contributed by atoms with van der Waals surface area (Å²) in [5.74, 6) is -1.50. The van der Waals surface area contributed by atoms with E-state index in [4.69, 9.17) is 23.3 Å². The molecule has 0 aromatic rings. The number of hydrogen-bond donors (Lipinski definition) is 2. The molecule has 0 amide bonds. The first-order valence-electron chi connectivity index (χ1n) is 31.5. The van der Waals surface area contributed by atoms with E-state index in [1.54, 1.807) is 0 Å². The highest BCUT2D eigenvalue weighted by molar-refractivity contribution is 7.47. The number of ether oxygens (including phenoxy) is 3. The summed E-state index contributed by atoms with van der Waals surface area (Å²) in [4.78, 5) is 48.7. The Morgan fingerprint density at radius 3 is 1.06 bits per heavy atom. The highest BCUT2D eigenvalue weighted by Gasteiger charge is 2.28. The zero-order chi connectivity index (χ0) is 56.9. The molecule has 3 atom stereocenters. The summed E-state index contributed by atoms with van der Waals surface area (Å²) in [6, 6.07) is 0. The van der Waals surface area contributed by atoms with Gasteiger partial charge in [0.1, 0.15) is 12.7 Å². The Kier molecular flexibility index (Phi) is 57.2. The van der Waals surface area contributed by atoms with E-state index in [1.165, 1.54) is 96.3 Å². The van der Waals surface area contributed by atoms with Crippen molar-refractivity contribution in [2.24, 2.45) is 0 Å². The van der Waals surface area contributed by atoms with Gasteiger partial charge in [0, 0.05) is 19.3 Å². The first-order valence-corrected chi connectivity index (χ1v) is 33.0. The molecule has 0 rings (SSSR count). The van der Waals surface area contributed by atoms with Crippen molar-refractivity contribution in [2.75, 3.05) is 26.4 Å². The Morgan fingerprint density at radius 2 is 0.667 bits per heavy atom. The Bertz CT molecular complexity index is 1630. The fourth-order valence-corrected chi connectivity index (χ4v) is 9.27. The largest absolute Gasteiger partial charge is 0.472 e. The molecule has 12 heteroatoms. The Balaban J connectivity index is 4.75. The van der Waals surface area contributed by atoms with Crippen molar-refractivity contribution in [1.29, 1.82) is 0 Å². The summed E-state index contributed by atoms with van der Waals surface area (Å²) in [5, 5.41) is 9.84. The zero-order valence-corrected chi connectivity index (χ0v) is 50.8. The fourth-order valence-electron chi connectivity index (χ4n) is 8.49. The molecule has 3 unspecified atom stereocenters. The van der Waals surface area contributed by atoms with Gasteiger partial charge in [0.05, 0.1) is 19.8 Å². The van der Waals surface area contributed by atoms with E-state index in [2.05, 4.69) is 106 Å². The first-order chi connectivity index (χ1) is 38.2. The number of hydrogen-bond acceptors (Lipinski definition) is 10. The molecular formula is C66H115O11P. The molecule has 78 heavy (non-hydrogen) atoms. The van der Waals surface area contributed by atoms with Gasteiger partial charge in [-0.15, -0.1) is 0 Å². The van der Waals surface area contributed by atoms with E-state index < -0.39 is 57.8 Å². The lowest BCUT2D eigenvalue weighted by atomic mass is 10.1. The number of phosphoric acid groups is 1. The molecular weight excluding hydrogens is 1000 g/mol. The SMILES string of the molecule is CC/C=C\C/C=C\C/C=C\C/C=C\CCCCCCC(=O)OC(COC(=O)CCCCCCCCCCC/C=C\C/C=C\CCCCC)COP(=O)(O)OCC(CO)OC(=O)CCCCCCC/C=C\CCCCCCCC. The van der Waals surface area contributed by atoms with Crippen molar-refractivity contribution in [3.8, 4) is 0 Å². The van der Waals surface area contributed by atoms with Gasteiger partial charge in [-0.2, -0.15) is 0 Å².